The zero-order valence-electron chi connectivity index (χ0n) is 16.0. The van der Waals surface area contributed by atoms with Crippen molar-refractivity contribution in [2.45, 2.75) is 13.0 Å². The number of nitrogens with zero attached hydrogens (tertiary/aromatic N) is 2. The van der Waals surface area contributed by atoms with Crippen LogP contribution in [0.5, 0.6) is 11.5 Å². The fourth-order valence-corrected chi connectivity index (χ4v) is 2.98. The number of hydrogen-bond donors (Lipinski definition) is 2. The standard InChI is InChI=1S/C21H23N3O4/c1-14-12-18(23-24(14)15-8-10-16(27-2)11-9-15)21(26)22-19(13-25)17-6-4-5-7-20(17)28-3/h4-12,19,25H,13H2,1-3H3,(H,22,26). The second-order valence-corrected chi connectivity index (χ2v) is 6.23. The third kappa shape index (κ3) is 3.99. The van der Waals surface area contributed by atoms with Gasteiger partial charge >= 0.3 is 0 Å². The molecule has 1 amide bonds. The van der Waals surface area contributed by atoms with Gasteiger partial charge in [0.1, 0.15) is 11.5 Å². The molecule has 0 spiro atoms. The lowest BCUT2D eigenvalue weighted by Gasteiger charge is -2.18. The number of hydrogen-bond acceptors (Lipinski definition) is 5. The van der Waals surface area contributed by atoms with Gasteiger partial charge in [0.05, 0.1) is 32.6 Å². The lowest BCUT2D eigenvalue weighted by Crippen LogP contribution is -2.31. The first kappa shape index (κ1) is 19.4. The summed E-state index contributed by atoms with van der Waals surface area (Å²) in [5.41, 5.74) is 2.60. The predicted octanol–water partition coefficient (Wildman–Crippen LogP) is 2.66. The number of aromatic nitrogens is 2. The number of rotatable bonds is 7. The highest BCUT2D eigenvalue weighted by Crippen LogP contribution is 2.25. The Kier molecular flexibility index (Phi) is 5.96. The van der Waals surface area contributed by atoms with Crippen molar-refractivity contribution < 1.29 is 19.4 Å². The Morgan fingerprint density at radius 1 is 1.14 bits per heavy atom. The Morgan fingerprint density at radius 3 is 2.50 bits per heavy atom. The van der Waals surface area contributed by atoms with Crippen molar-refractivity contribution in [2.75, 3.05) is 20.8 Å². The molecule has 0 bridgehead atoms. The van der Waals surface area contributed by atoms with Crippen LogP contribution >= 0.6 is 0 Å². The van der Waals surface area contributed by atoms with E-state index in [0.717, 1.165) is 17.1 Å². The molecule has 0 aliphatic heterocycles. The average Bonchev–Trinajstić information content (AvgIpc) is 3.13. The molecule has 0 aliphatic rings. The van der Waals surface area contributed by atoms with Crippen LogP contribution < -0.4 is 14.8 Å². The third-order valence-corrected chi connectivity index (χ3v) is 4.44. The van der Waals surface area contributed by atoms with Crippen molar-refractivity contribution in [3.8, 4) is 17.2 Å². The van der Waals surface area contributed by atoms with Gasteiger partial charge in [0.2, 0.25) is 0 Å². The van der Waals surface area contributed by atoms with Crippen LogP contribution in [0.1, 0.15) is 27.8 Å². The lowest BCUT2D eigenvalue weighted by atomic mass is 10.1. The van der Waals surface area contributed by atoms with Gasteiger partial charge in [-0.15, -0.1) is 0 Å². The highest BCUT2D eigenvalue weighted by atomic mass is 16.5. The number of methoxy groups -OCH3 is 2. The number of ether oxygens (including phenoxy) is 2. The molecule has 2 N–H and O–H groups in total. The topological polar surface area (TPSA) is 85.6 Å². The Labute approximate surface area is 163 Å². The molecule has 0 aliphatic carbocycles. The highest BCUT2D eigenvalue weighted by molar-refractivity contribution is 5.92. The number of aryl methyl sites for hydroxylation is 1. The molecule has 0 radical (unpaired) electrons. The second-order valence-electron chi connectivity index (χ2n) is 6.23. The van der Waals surface area contributed by atoms with Gasteiger partial charge in [-0.3, -0.25) is 4.79 Å². The zero-order valence-corrected chi connectivity index (χ0v) is 16.0. The minimum absolute atomic E-state index is 0.260. The van der Waals surface area contributed by atoms with Crippen LogP contribution in [-0.2, 0) is 0 Å². The molecule has 3 aromatic rings. The van der Waals surface area contributed by atoms with E-state index in [4.69, 9.17) is 9.47 Å². The summed E-state index contributed by atoms with van der Waals surface area (Å²) in [6.07, 6.45) is 0. The van der Waals surface area contributed by atoms with Gasteiger partial charge in [-0.05, 0) is 43.3 Å². The number of nitrogens with one attached hydrogen (secondary N) is 1. The number of carbonyl (C=O) groups is 1. The Morgan fingerprint density at radius 2 is 1.86 bits per heavy atom. The van der Waals surface area contributed by atoms with Gasteiger partial charge in [-0.25, -0.2) is 4.68 Å². The maximum Gasteiger partial charge on any atom is 0.272 e. The molecule has 0 saturated carbocycles. The van der Waals surface area contributed by atoms with Crippen molar-refractivity contribution in [2.24, 2.45) is 0 Å². The molecule has 7 nitrogen and oxygen atoms in total. The van der Waals surface area contributed by atoms with Gasteiger partial charge in [0.25, 0.3) is 5.91 Å². The van der Waals surface area contributed by atoms with E-state index in [2.05, 4.69) is 10.4 Å². The van der Waals surface area contributed by atoms with Gasteiger partial charge in [-0.1, -0.05) is 18.2 Å². The molecule has 1 atom stereocenters. The maximum atomic E-state index is 12.7. The number of benzene rings is 2. The minimum Gasteiger partial charge on any atom is -0.497 e. The molecule has 3 rings (SSSR count). The molecule has 0 fully saturated rings. The van der Waals surface area contributed by atoms with E-state index >= 15 is 0 Å². The zero-order chi connectivity index (χ0) is 20.1. The Hall–Kier alpha value is -3.32. The summed E-state index contributed by atoms with van der Waals surface area (Å²) in [5, 5.41) is 17.0. The van der Waals surface area contributed by atoms with Crippen molar-refractivity contribution in [1.29, 1.82) is 0 Å². The Balaban J connectivity index is 1.82. The van der Waals surface area contributed by atoms with E-state index < -0.39 is 6.04 Å². The first-order valence-electron chi connectivity index (χ1n) is 8.83. The molecular weight excluding hydrogens is 358 g/mol. The SMILES string of the molecule is COc1ccc(-n2nc(C(=O)NC(CO)c3ccccc3OC)cc2C)cc1. The number of carbonyl (C=O) groups excluding carboxylic acids is 1. The molecule has 2 aromatic carbocycles. The molecule has 0 saturated heterocycles. The summed E-state index contributed by atoms with van der Waals surface area (Å²) in [7, 11) is 3.16. The first-order chi connectivity index (χ1) is 13.6. The van der Waals surface area contributed by atoms with Crippen LogP contribution in [0.25, 0.3) is 5.69 Å². The smallest absolute Gasteiger partial charge is 0.272 e. The van der Waals surface area contributed by atoms with Crippen molar-refractivity contribution in [3.63, 3.8) is 0 Å². The number of amides is 1. The molecular formula is C21H23N3O4. The van der Waals surface area contributed by atoms with E-state index in [0.29, 0.717) is 11.3 Å². The second kappa shape index (κ2) is 8.58. The lowest BCUT2D eigenvalue weighted by molar-refractivity contribution is 0.0910. The summed E-state index contributed by atoms with van der Waals surface area (Å²) in [4.78, 5) is 12.7. The van der Waals surface area contributed by atoms with Crippen LogP contribution in [0.2, 0.25) is 0 Å². The van der Waals surface area contributed by atoms with E-state index in [1.807, 2.05) is 43.3 Å². The van der Waals surface area contributed by atoms with E-state index in [9.17, 15) is 9.90 Å². The number of aliphatic hydroxyl groups excluding tert-OH is 1. The number of aliphatic hydroxyl groups is 1. The first-order valence-corrected chi connectivity index (χ1v) is 8.83. The molecule has 1 heterocycles. The van der Waals surface area contributed by atoms with E-state index in [1.54, 1.807) is 37.1 Å². The molecule has 1 unspecified atom stereocenters. The van der Waals surface area contributed by atoms with E-state index in [-0.39, 0.29) is 18.2 Å². The van der Waals surface area contributed by atoms with Crippen LogP contribution in [0.3, 0.4) is 0 Å². The van der Waals surface area contributed by atoms with Crippen LogP contribution in [-0.4, -0.2) is 41.6 Å². The number of para-hydroxylation sites is 1. The van der Waals surface area contributed by atoms with Gasteiger partial charge in [0, 0.05) is 11.3 Å². The van der Waals surface area contributed by atoms with Gasteiger partial charge in [0.15, 0.2) is 5.69 Å². The monoisotopic (exact) mass is 381 g/mol. The largest absolute Gasteiger partial charge is 0.497 e. The molecule has 146 valence electrons. The fraction of sp³-hybridized carbons (Fsp3) is 0.238. The quantitative estimate of drug-likeness (QED) is 0.657. The fourth-order valence-electron chi connectivity index (χ4n) is 2.98. The van der Waals surface area contributed by atoms with Crippen molar-refractivity contribution in [1.82, 2.24) is 15.1 Å². The predicted molar refractivity (Wildman–Crippen MR) is 105 cm³/mol. The molecule has 1 aromatic heterocycles. The van der Waals surface area contributed by atoms with Crippen LogP contribution in [0.4, 0.5) is 0 Å². The van der Waals surface area contributed by atoms with Gasteiger partial charge in [-0.2, -0.15) is 5.10 Å². The summed E-state index contributed by atoms with van der Waals surface area (Å²) < 4.78 is 12.2. The van der Waals surface area contributed by atoms with Gasteiger partial charge < -0.3 is 19.9 Å². The summed E-state index contributed by atoms with van der Waals surface area (Å²) >= 11 is 0. The third-order valence-electron chi connectivity index (χ3n) is 4.44. The Bertz CT molecular complexity index is 951. The van der Waals surface area contributed by atoms with Crippen molar-refractivity contribution in [3.05, 3.63) is 71.5 Å². The van der Waals surface area contributed by atoms with Crippen LogP contribution in [0.15, 0.2) is 54.6 Å². The molecule has 28 heavy (non-hydrogen) atoms. The maximum absolute atomic E-state index is 12.7. The van der Waals surface area contributed by atoms with Crippen molar-refractivity contribution >= 4 is 5.91 Å². The van der Waals surface area contributed by atoms with E-state index in [1.165, 1.54) is 0 Å². The molecule has 7 heteroatoms. The summed E-state index contributed by atoms with van der Waals surface area (Å²) in [5.74, 6) is 0.969. The highest BCUT2D eigenvalue weighted by Gasteiger charge is 2.20. The summed E-state index contributed by atoms with van der Waals surface area (Å²) in [6, 6.07) is 15.8. The van der Waals surface area contributed by atoms with Crippen LogP contribution in [0, 0.1) is 6.92 Å². The summed E-state index contributed by atoms with van der Waals surface area (Å²) in [6.45, 7) is 1.61. The minimum atomic E-state index is -0.602. The average molecular weight is 381 g/mol. The normalized spacial score (nSPS) is 11.7.